The van der Waals surface area contributed by atoms with Crippen LogP contribution in [0.1, 0.15) is 43.4 Å². The minimum Gasteiger partial charge on any atom is -0.341 e. The van der Waals surface area contributed by atoms with E-state index in [1.807, 2.05) is 32.6 Å². The van der Waals surface area contributed by atoms with Crippen molar-refractivity contribution in [3.05, 3.63) is 21.9 Å². The molecule has 5 nitrogen and oxygen atoms in total. The van der Waals surface area contributed by atoms with Gasteiger partial charge in [0.25, 0.3) is 0 Å². The number of nitrogens with zero attached hydrogens (tertiary/aromatic N) is 2. The number of hydrogen-bond donors (Lipinski definition) is 1. The van der Waals surface area contributed by atoms with Gasteiger partial charge in [-0.1, -0.05) is 20.8 Å². The summed E-state index contributed by atoms with van der Waals surface area (Å²) in [5.41, 5.74) is 0.528. The van der Waals surface area contributed by atoms with Crippen LogP contribution in [0.5, 0.6) is 0 Å². The van der Waals surface area contributed by atoms with Crippen molar-refractivity contribution >= 4 is 39.6 Å². The van der Waals surface area contributed by atoms with Gasteiger partial charge in [0.1, 0.15) is 0 Å². The largest absolute Gasteiger partial charge is 0.341 e. The fourth-order valence-electron chi connectivity index (χ4n) is 3.30. The van der Waals surface area contributed by atoms with E-state index in [4.69, 9.17) is 0 Å². The molecule has 1 atom stereocenters. The summed E-state index contributed by atoms with van der Waals surface area (Å²) in [4.78, 5) is 35.2. The summed E-state index contributed by atoms with van der Waals surface area (Å²) in [7, 11) is 0. The van der Waals surface area contributed by atoms with Gasteiger partial charge in [0.2, 0.25) is 11.8 Å². The summed E-state index contributed by atoms with van der Waals surface area (Å²) in [6.45, 7) is 11.1. The standard InChI is InChI=1S/C20H27N3O2S2/c1-12-8-9-15(26-12)16-13(2)27-19(21-16)22-17(24)14-7-6-10-23(11-14)18(25)20(3,4)5/h8-9,14H,6-7,10-11H2,1-5H3,(H,21,22,24). The molecule has 27 heavy (non-hydrogen) atoms. The highest BCUT2D eigenvalue weighted by atomic mass is 32.1. The molecule has 3 rings (SSSR count). The Morgan fingerprint density at radius 1 is 1.22 bits per heavy atom. The van der Waals surface area contributed by atoms with Crippen LogP contribution in [0.3, 0.4) is 0 Å². The highest BCUT2D eigenvalue weighted by Gasteiger charge is 2.33. The van der Waals surface area contributed by atoms with Crippen molar-refractivity contribution in [2.75, 3.05) is 18.4 Å². The number of thiazole rings is 1. The number of thiophene rings is 1. The predicted octanol–water partition coefficient (Wildman–Crippen LogP) is 4.71. The minimum atomic E-state index is -0.418. The maximum atomic E-state index is 12.8. The van der Waals surface area contributed by atoms with Crippen LogP contribution in [-0.2, 0) is 9.59 Å². The Hall–Kier alpha value is -1.73. The molecule has 0 saturated carbocycles. The molecule has 0 radical (unpaired) electrons. The van der Waals surface area contributed by atoms with Gasteiger partial charge in [0, 0.05) is 28.3 Å². The number of anilines is 1. The molecule has 0 aliphatic carbocycles. The van der Waals surface area contributed by atoms with Crippen LogP contribution in [0.25, 0.3) is 10.6 Å². The number of aryl methyl sites for hydroxylation is 2. The molecular weight excluding hydrogens is 378 g/mol. The van der Waals surface area contributed by atoms with E-state index in [2.05, 4.69) is 29.4 Å². The van der Waals surface area contributed by atoms with Crippen molar-refractivity contribution in [2.24, 2.45) is 11.3 Å². The van der Waals surface area contributed by atoms with Gasteiger partial charge in [-0.15, -0.1) is 22.7 Å². The Bertz CT molecular complexity index is 848. The number of nitrogens with one attached hydrogen (secondary N) is 1. The van der Waals surface area contributed by atoms with Crippen LogP contribution in [0.15, 0.2) is 12.1 Å². The summed E-state index contributed by atoms with van der Waals surface area (Å²) in [5, 5.41) is 3.62. The molecule has 0 aromatic carbocycles. The van der Waals surface area contributed by atoms with E-state index in [1.54, 1.807) is 11.3 Å². The molecule has 1 saturated heterocycles. The number of hydrogen-bond acceptors (Lipinski definition) is 5. The molecular formula is C20H27N3O2S2. The second-order valence-electron chi connectivity index (χ2n) is 8.16. The lowest BCUT2D eigenvalue weighted by Crippen LogP contribution is -2.47. The Balaban J connectivity index is 1.68. The molecule has 1 unspecified atom stereocenters. The van der Waals surface area contributed by atoms with Crippen molar-refractivity contribution in [1.82, 2.24) is 9.88 Å². The maximum absolute atomic E-state index is 12.8. The SMILES string of the molecule is Cc1ccc(-c2nc(NC(=O)C3CCCN(C(=O)C(C)(C)C)C3)sc2C)s1. The Morgan fingerprint density at radius 3 is 2.59 bits per heavy atom. The monoisotopic (exact) mass is 405 g/mol. The molecule has 146 valence electrons. The zero-order chi connectivity index (χ0) is 19.8. The van der Waals surface area contributed by atoms with E-state index in [9.17, 15) is 9.59 Å². The van der Waals surface area contributed by atoms with Crippen LogP contribution in [0.4, 0.5) is 5.13 Å². The smallest absolute Gasteiger partial charge is 0.231 e. The Kier molecular flexibility index (Phi) is 5.72. The number of rotatable bonds is 3. The van der Waals surface area contributed by atoms with Gasteiger partial charge < -0.3 is 10.2 Å². The number of aromatic nitrogens is 1. The lowest BCUT2D eigenvalue weighted by molar-refractivity contribution is -0.142. The second kappa shape index (κ2) is 7.72. The van der Waals surface area contributed by atoms with Crippen LogP contribution in [-0.4, -0.2) is 34.8 Å². The third-order valence-electron chi connectivity index (χ3n) is 4.72. The molecule has 2 amide bonds. The van der Waals surface area contributed by atoms with E-state index < -0.39 is 5.41 Å². The molecule has 1 fully saturated rings. The normalized spacial score (nSPS) is 17.8. The highest BCUT2D eigenvalue weighted by Crippen LogP contribution is 2.35. The van der Waals surface area contributed by atoms with Crippen molar-refractivity contribution in [3.8, 4) is 10.6 Å². The Morgan fingerprint density at radius 2 is 1.96 bits per heavy atom. The van der Waals surface area contributed by atoms with Gasteiger partial charge in [-0.2, -0.15) is 0 Å². The first-order valence-corrected chi connectivity index (χ1v) is 10.9. The van der Waals surface area contributed by atoms with E-state index in [1.165, 1.54) is 16.2 Å². The van der Waals surface area contributed by atoms with E-state index in [0.29, 0.717) is 11.7 Å². The fraction of sp³-hybridized carbons (Fsp3) is 0.550. The third-order valence-corrected chi connectivity index (χ3v) is 6.62. The number of carbonyl (C=O) groups excluding carboxylic acids is 2. The van der Waals surface area contributed by atoms with Crippen molar-refractivity contribution in [2.45, 2.75) is 47.5 Å². The van der Waals surface area contributed by atoms with Crippen LogP contribution < -0.4 is 5.32 Å². The van der Waals surface area contributed by atoms with Gasteiger partial charge >= 0.3 is 0 Å². The molecule has 2 aromatic rings. The molecule has 1 N–H and O–H groups in total. The van der Waals surface area contributed by atoms with E-state index >= 15 is 0 Å². The van der Waals surface area contributed by atoms with Gasteiger partial charge in [-0.05, 0) is 38.8 Å². The fourth-order valence-corrected chi connectivity index (χ4v) is 5.11. The van der Waals surface area contributed by atoms with Gasteiger partial charge in [-0.25, -0.2) is 4.98 Å². The summed E-state index contributed by atoms with van der Waals surface area (Å²) >= 11 is 3.21. The van der Waals surface area contributed by atoms with Crippen LogP contribution >= 0.6 is 22.7 Å². The molecule has 7 heteroatoms. The summed E-state index contributed by atoms with van der Waals surface area (Å²) < 4.78 is 0. The van der Waals surface area contributed by atoms with Crippen molar-refractivity contribution in [3.63, 3.8) is 0 Å². The summed E-state index contributed by atoms with van der Waals surface area (Å²) in [6.07, 6.45) is 1.66. The predicted molar refractivity (Wildman–Crippen MR) is 112 cm³/mol. The van der Waals surface area contributed by atoms with E-state index in [0.717, 1.165) is 34.8 Å². The number of amides is 2. The first-order chi connectivity index (χ1) is 12.6. The highest BCUT2D eigenvalue weighted by molar-refractivity contribution is 7.18. The zero-order valence-electron chi connectivity index (χ0n) is 16.6. The van der Waals surface area contributed by atoms with Gasteiger partial charge in [0.15, 0.2) is 5.13 Å². The lowest BCUT2D eigenvalue weighted by Gasteiger charge is -2.35. The first kappa shape index (κ1) is 20.0. The second-order valence-corrected chi connectivity index (χ2v) is 10.7. The number of carbonyl (C=O) groups is 2. The van der Waals surface area contributed by atoms with Gasteiger partial charge in [-0.3, -0.25) is 9.59 Å². The van der Waals surface area contributed by atoms with Crippen LogP contribution in [0.2, 0.25) is 0 Å². The molecule has 1 aliphatic heterocycles. The summed E-state index contributed by atoms with van der Waals surface area (Å²) in [5.74, 6) is -0.105. The zero-order valence-corrected chi connectivity index (χ0v) is 18.2. The molecule has 2 aromatic heterocycles. The average molecular weight is 406 g/mol. The van der Waals surface area contributed by atoms with Gasteiger partial charge in [0.05, 0.1) is 16.5 Å². The van der Waals surface area contributed by atoms with E-state index in [-0.39, 0.29) is 17.7 Å². The Labute approximate surface area is 168 Å². The summed E-state index contributed by atoms with van der Waals surface area (Å²) in [6, 6.07) is 4.16. The average Bonchev–Trinajstić information content (AvgIpc) is 3.18. The quantitative estimate of drug-likeness (QED) is 0.804. The third kappa shape index (κ3) is 4.58. The van der Waals surface area contributed by atoms with Crippen molar-refractivity contribution < 1.29 is 9.59 Å². The molecule has 3 heterocycles. The minimum absolute atomic E-state index is 0.0379. The lowest BCUT2D eigenvalue weighted by atomic mass is 9.91. The molecule has 0 bridgehead atoms. The first-order valence-electron chi connectivity index (χ1n) is 9.29. The maximum Gasteiger partial charge on any atom is 0.231 e. The molecule has 0 spiro atoms. The van der Waals surface area contributed by atoms with Crippen LogP contribution in [0, 0.1) is 25.2 Å². The number of piperidine rings is 1. The van der Waals surface area contributed by atoms with Crippen molar-refractivity contribution in [1.29, 1.82) is 0 Å². The number of likely N-dealkylation sites (tertiary alicyclic amines) is 1. The topological polar surface area (TPSA) is 62.3 Å². The molecule has 1 aliphatic rings.